The molecule has 1 fully saturated rings. The van der Waals surface area contributed by atoms with E-state index in [0.717, 1.165) is 48.9 Å². The first-order valence-corrected chi connectivity index (χ1v) is 11.1. The third-order valence-corrected chi connectivity index (χ3v) is 7.28. The number of anilines is 1. The Morgan fingerprint density at radius 3 is 2.61 bits per heavy atom. The Morgan fingerprint density at radius 2 is 1.96 bits per heavy atom. The fourth-order valence-corrected chi connectivity index (χ4v) is 4.49. The summed E-state index contributed by atoms with van der Waals surface area (Å²) in [6.07, 6.45) is 7.10. The number of fused-ring (bicyclic) bond motifs is 1. The van der Waals surface area contributed by atoms with Crippen LogP contribution in [0, 0.1) is 5.92 Å². The molecule has 1 saturated heterocycles. The van der Waals surface area contributed by atoms with Gasteiger partial charge >= 0.3 is 0 Å². The van der Waals surface area contributed by atoms with Gasteiger partial charge in [0.05, 0.1) is 23.2 Å². The second-order valence-electron chi connectivity index (χ2n) is 7.46. The van der Waals surface area contributed by atoms with Gasteiger partial charge < -0.3 is 10.6 Å². The lowest BCUT2D eigenvalue weighted by molar-refractivity contribution is 0.0996. The first kappa shape index (κ1) is 20.5. The van der Waals surface area contributed by atoms with Crippen molar-refractivity contribution in [3.05, 3.63) is 30.2 Å². The van der Waals surface area contributed by atoms with Crippen LogP contribution in [-0.4, -0.2) is 61.5 Å². The molecule has 2 N–H and O–H groups in total. The number of carbonyl (C=O) groups is 1. The van der Waals surface area contributed by atoms with Crippen LogP contribution < -0.4 is 10.6 Å². The fourth-order valence-electron chi connectivity index (χ4n) is 3.60. The molecule has 2 aromatic heterocycles. The van der Waals surface area contributed by atoms with Crippen molar-refractivity contribution in [2.45, 2.75) is 25.7 Å². The molecule has 1 amide bonds. The molecule has 0 aliphatic carbocycles. The maximum absolute atomic E-state index is 11.9. The largest absolute Gasteiger partial charge is 0.369 e. The number of amides is 1. The zero-order chi connectivity index (χ0) is 20.3. The first-order valence-electron chi connectivity index (χ1n) is 9.47. The van der Waals surface area contributed by atoms with Gasteiger partial charge in [-0.15, -0.1) is 0 Å². The smallest absolute Gasteiger partial charge is 0.267 e. The van der Waals surface area contributed by atoms with Gasteiger partial charge in [-0.05, 0) is 43.7 Å². The number of pyridine rings is 2. The fraction of sp³-hybridized carbons (Fsp3) is 0.526. The Kier molecular flexibility index (Phi) is 6.14. The normalized spacial score (nSPS) is 16.0. The zero-order valence-corrected chi connectivity index (χ0v) is 17.2. The van der Waals surface area contributed by atoms with Gasteiger partial charge in [0.1, 0.15) is 5.69 Å². The number of aromatic nitrogens is 2. The lowest BCUT2D eigenvalue weighted by atomic mass is 9.92. The van der Waals surface area contributed by atoms with Crippen molar-refractivity contribution in [1.82, 2.24) is 14.3 Å². The Morgan fingerprint density at radius 1 is 1.25 bits per heavy atom. The number of hydrogen-bond donors (Lipinski definition) is 1. The van der Waals surface area contributed by atoms with E-state index in [-0.39, 0.29) is 11.4 Å². The van der Waals surface area contributed by atoms with Crippen molar-refractivity contribution < 1.29 is 13.2 Å². The Hall–Kier alpha value is -2.26. The van der Waals surface area contributed by atoms with Crippen LogP contribution in [0.3, 0.4) is 0 Å². The molecule has 0 radical (unpaired) electrons. The standard InChI is InChI=1S/C19H27N5O3S/c1-23(2)28(26,27)11-3-4-14-7-9-24(10-8-14)17-13-21-12-15-5-6-16(19(20)25)22-18(15)17/h5-6,12-14H,3-4,7-11H2,1-2H3,(H2,20,25). The number of carbonyl (C=O) groups excluding carboxylic acids is 1. The van der Waals surface area contributed by atoms with E-state index in [1.54, 1.807) is 32.6 Å². The summed E-state index contributed by atoms with van der Waals surface area (Å²) in [5, 5.41) is 0.874. The molecule has 1 aliphatic rings. The van der Waals surface area contributed by atoms with E-state index >= 15 is 0 Å². The lowest BCUT2D eigenvalue weighted by Crippen LogP contribution is -2.34. The van der Waals surface area contributed by atoms with Gasteiger partial charge in [-0.25, -0.2) is 17.7 Å². The molecular formula is C19H27N5O3S. The lowest BCUT2D eigenvalue weighted by Gasteiger charge is -2.33. The highest BCUT2D eigenvalue weighted by Gasteiger charge is 2.22. The topological polar surface area (TPSA) is 109 Å². The second-order valence-corrected chi connectivity index (χ2v) is 9.76. The summed E-state index contributed by atoms with van der Waals surface area (Å²) in [6, 6.07) is 3.43. The number of nitrogens with two attached hydrogens (primary N) is 1. The number of sulfonamides is 1. The van der Waals surface area contributed by atoms with Crippen molar-refractivity contribution in [1.29, 1.82) is 0 Å². The maximum Gasteiger partial charge on any atom is 0.267 e. The highest BCUT2D eigenvalue weighted by Crippen LogP contribution is 2.30. The van der Waals surface area contributed by atoms with Gasteiger partial charge in [0.25, 0.3) is 5.91 Å². The average Bonchev–Trinajstić information content (AvgIpc) is 2.67. The van der Waals surface area contributed by atoms with Crippen molar-refractivity contribution in [2.24, 2.45) is 11.7 Å². The van der Waals surface area contributed by atoms with E-state index in [9.17, 15) is 13.2 Å². The van der Waals surface area contributed by atoms with Crippen LogP contribution in [0.2, 0.25) is 0 Å². The van der Waals surface area contributed by atoms with E-state index < -0.39 is 15.9 Å². The summed E-state index contributed by atoms with van der Waals surface area (Å²) in [7, 11) is 0.0267. The quantitative estimate of drug-likeness (QED) is 0.750. The van der Waals surface area contributed by atoms with E-state index in [1.165, 1.54) is 4.31 Å². The molecule has 28 heavy (non-hydrogen) atoms. The van der Waals surface area contributed by atoms with E-state index in [1.807, 2.05) is 6.07 Å². The minimum Gasteiger partial charge on any atom is -0.369 e. The first-order chi connectivity index (χ1) is 13.3. The summed E-state index contributed by atoms with van der Waals surface area (Å²) in [5.41, 5.74) is 7.27. The van der Waals surface area contributed by atoms with Crippen LogP contribution in [-0.2, 0) is 10.0 Å². The molecule has 9 heteroatoms. The van der Waals surface area contributed by atoms with Crippen LogP contribution in [0.1, 0.15) is 36.2 Å². The van der Waals surface area contributed by atoms with Crippen molar-refractivity contribution in [2.75, 3.05) is 37.8 Å². The SMILES string of the molecule is CN(C)S(=O)(=O)CCCC1CCN(c2cncc3ccc(C(N)=O)nc23)CC1. The van der Waals surface area contributed by atoms with Gasteiger partial charge in [0, 0.05) is 38.8 Å². The molecule has 0 aromatic carbocycles. The minimum absolute atomic E-state index is 0.202. The molecule has 0 bridgehead atoms. The Labute approximate surface area is 165 Å². The van der Waals surface area contributed by atoms with Crippen LogP contribution in [0.4, 0.5) is 5.69 Å². The van der Waals surface area contributed by atoms with E-state index in [4.69, 9.17) is 5.73 Å². The van der Waals surface area contributed by atoms with Gasteiger partial charge in [-0.1, -0.05) is 0 Å². The van der Waals surface area contributed by atoms with E-state index in [0.29, 0.717) is 12.3 Å². The molecule has 0 unspecified atom stereocenters. The predicted molar refractivity (Wildman–Crippen MR) is 110 cm³/mol. The van der Waals surface area contributed by atoms with Gasteiger partial charge in [0.15, 0.2) is 0 Å². The third kappa shape index (κ3) is 4.59. The number of nitrogens with zero attached hydrogens (tertiary/aromatic N) is 4. The van der Waals surface area contributed by atoms with Crippen molar-refractivity contribution in [3.8, 4) is 0 Å². The summed E-state index contributed by atoms with van der Waals surface area (Å²) in [4.78, 5) is 22.4. The van der Waals surface area contributed by atoms with Gasteiger partial charge in [-0.2, -0.15) is 0 Å². The molecule has 3 heterocycles. The average molecular weight is 406 g/mol. The summed E-state index contributed by atoms with van der Waals surface area (Å²) >= 11 is 0. The highest BCUT2D eigenvalue weighted by molar-refractivity contribution is 7.89. The number of hydrogen-bond acceptors (Lipinski definition) is 6. The summed E-state index contributed by atoms with van der Waals surface area (Å²) < 4.78 is 25.0. The van der Waals surface area contributed by atoms with Crippen molar-refractivity contribution in [3.63, 3.8) is 0 Å². The molecule has 3 rings (SSSR count). The van der Waals surface area contributed by atoms with Gasteiger partial charge in [0.2, 0.25) is 10.0 Å². The van der Waals surface area contributed by atoms with Crippen LogP contribution in [0.25, 0.3) is 10.9 Å². The third-order valence-electron chi connectivity index (χ3n) is 5.36. The predicted octanol–water partition coefficient (Wildman–Crippen LogP) is 1.62. The maximum atomic E-state index is 11.9. The van der Waals surface area contributed by atoms with E-state index in [2.05, 4.69) is 14.9 Å². The van der Waals surface area contributed by atoms with Crippen molar-refractivity contribution >= 4 is 32.5 Å². The minimum atomic E-state index is -3.12. The van der Waals surface area contributed by atoms with Gasteiger partial charge in [-0.3, -0.25) is 9.78 Å². The van der Waals surface area contributed by atoms with Crippen LogP contribution in [0.5, 0.6) is 0 Å². The highest BCUT2D eigenvalue weighted by atomic mass is 32.2. The zero-order valence-electron chi connectivity index (χ0n) is 16.3. The summed E-state index contributed by atoms with van der Waals surface area (Å²) in [5.74, 6) is 0.175. The molecule has 152 valence electrons. The molecule has 1 aliphatic heterocycles. The molecule has 8 nitrogen and oxygen atoms in total. The second kappa shape index (κ2) is 8.40. The molecule has 0 spiro atoms. The Balaban J connectivity index is 1.64. The molecular weight excluding hydrogens is 378 g/mol. The molecule has 2 aromatic rings. The number of primary amides is 1. The number of rotatable bonds is 7. The Bertz CT molecular complexity index is 953. The summed E-state index contributed by atoms with van der Waals surface area (Å²) in [6.45, 7) is 1.71. The monoisotopic (exact) mass is 405 g/mol. The molecule has 0 atom stereocenters. The number of piperidine rings is 1. The van der Waals surface area contributed by atoms with Crippen LogP contribution >= 0.6 is 0 Å². The molecule has 0 saturated carbocycles. The van der Waals surface area contributed by atoms with Crippen LogP contribution in [0.15, 0.2) is 24.5 Å².